The van der Waals surface area contributed by atoms with E-state index in [1.807, 2.05) is 12.1 Å². The second kappa shape index (κ2) is 8.59. The highest BCUT2D eigenvalue weighted by Crippen LogP contribution is 2.30. The van der Waals surface area contributed by atoms with Crippen molar-refractivity contribution in [2.45, 2.75) is 39.9 Å². The number of anilines is 2. The van der Waals surface area contributed by atoms with Crippen molar-refractivity contribution >= 4 is 11.5 Å². The first-order valence-corrected chi connectivity index (χ1v) is 10.9. The smallest absolute Gasteiger partial charge is 0.178 e. The van der Waals surface area contributed by atoms with Gasteiger partial charge in [0.25, 0.3) is 0 Å². The van der Waals surface area contributed by atoms with Gasteiger partial charge in [-0.05, 0) is 37.6 Å². The summed E-state index contributed by atoms with van der Waals surface area (Å²) in [5.74, 6) is 1.27. The molecule has 4 aromatic rings. The summed E-state index contributed by atoms with van der Waals surface area (Å²) in [4.78, 5) is 2.39. The lowest BCUT2D eigenvalue weighted by molar-refractivity contribution is 0.228. The summed E-state index contributed by atoms with van der Waals surface area (Å²) in [7, 11) is 0. The average molecular weight is 432 g/mol. The predicted octanol–water partition coefficient (Wildman–Crippen LogP) is 4.98. The van der Waals surface area contributed by atoms with Crippen molar-refractivity contribution < 1.29 is 8.91 Å². The molecule has 6 nitrogen and oxygen atoms in total. The lowest BCUT2D eigenvalue weighted by Crippen LogP contribution is -2.30. The molecule has 0 aliphatic carbocycles. The molecule has 32 heavy (non-hydrogen) atoms. The fourth-order valence-corrected chi connectivity index (χ4v) is 4.30. The van der Waals surface area contributed by atoms with E-state index in [2.05, 4.69) is 58.2 Å². The molecule has 0 unspecified atom stereocenters. The number of aryl methyl sites for hydroxylation is 1. The van der Waals surface area contributed by atoms with E-state index in [1.54, 1.807) is 6.07 Å². The monoisotopic (exact) mass is 431 g/mol. The summed E-state index contributed by atoms with van der Waals surface area (Å²) in [6.07, 6.45) is 0.795. The molecule has 2 aromatic heterocycles. The molecule has 0 bridgehead atoms. The van der Waals surface area contributed by atoms with Crippen LogP contribution in [0, 0.1) is 19.7 Å². The maximum atomic E-state index is 13.6. The molecular weight excluding hydrogens is 405 g/mol. The Balaban J connectivity index is 1.32. The maximum Gasteiger partial charge on any atom is 0.178 e. The van der Waals surface area contributed by atoms with Crippen molar-refractivity contribution in [2.24, 2.45) is 0 Å². The fraction of sp³-hybridized carbons (Fsp3) is 0.280. The third-order valence-electron chi connectivity index (χ3n) is 6.08. The first-order chi connectivity index (χ1) is 15.6. The Hall–Kier alpha value is -3.45. The molecule has 0 saturated heterocycles. The number of aromatic nitrogens is 3. The minimum atomic E-state index is -0.285. The van der Waals surface area contributed by atoms with Gasteiger partial charge in [0.15, 0.2) is 5.82 Å². The summed E-state index contributed by atoms with van der Waals surface area (Å²) < 4.78 is 21.2. The molecule has 5 rings (SSSR count). The topological polar surface area (TPSA) is 59.1 Å². The van der Waals surface area contributed by atoms with Crippen LogP contribution < -0.4 is 5.32 Å². The largest absolute Gasteiger partial charge is 0.359 e. The van der Waals surface area contributed by atoms with Gasteiger partial charge in [0, 0.05) is 43.0 Å². The van der Waals surface area contributed by atoms with Crippen LogP contribution in [0.2, 0.25) is 0 Å². The molecule has 7 heteroatoms. The van der Waals surface area contributed by atoms with Crippen molar-refractivity contribution in [3.63, 3.8) is 0 Å². The van der Waals surface area contributed by atoms with Crippen LogP contribution >= 0.6 is 0 Å². The van der Waals surface area contributed by atoms with Crippen molar-refractivity contribution in [1.29, 1.82) is 0 Å². The molecule has 0 radical (unpaired) electrons. The quantitative estimate of drug-likeness (QED) is 0.467. The molecule has 0 fully saturated rings. The summed E-state index contributed by atoms with van der Waals surface area (Å²) in [5, 5.41) is 12.2. The molecule has 0 saturated carbocycles. The van der Waals surface area contributed by atoms with Gasteiger partial charge in [-0.3, -0.25) is 9.58 Å². The summed E-state index contributed by atoms with van der Waals surface area (Å²) in [6, 6.07) is 16.8. The SMILES string of the molecule is Cc1nn(Cc2ccccc2)c(C)c1CN1CCc2onc(Nc3cccc(F)c3)c2C1. The molecule has 0 spiro atoms. The molecule has 3 heterocycles. The fourth-order valence-electron chi connectivity index (χ4n) is 4.30. The minimum Gasteiger partial charge on any atom is -0.359 e. The van der Waals surface area contributed by atoms with Gasteiger partial charge in [0.05, 0.1) is 17.8 Å². The molecule has 164 valence electrons. The summed E-state index contributed by atoms with van der Waals surface area (Å²) >= 11 is 0. The van der Waals surface area contributed by atoms with E-state index < -0.39 is 0 Å². The minimum absolute atomic E-state index is 0.285. The Kier molecular flexibility index (Phi) is 5.49. The lowest BCUT2D eigenvalue weighted by Gasteiger charge is -2.26. The second-order valence-corrected chi connectivity index (χ2v) is 8.32. The normalized spacial score (nSPS) is 13.8. The van der Waals surface area contributed by atoms with Crippen LogP contribution in [0.5, 0.6) is 0 Å². The standard InChI is InChI=1S/C25H26FN5O/c1-17-22(18(2)31(28-17)14-19-7-4-3-5-8-19)15-30-12-11-24-23(16-30)25(29-32-24)27-21-10-6-9-20(26)13-21/h3-10,13H,11-12,14-16H2,1-2H3,(H,27,29). The lowest BCUT2D eigenvalue weighted by atomic mass is 10.1. The number of fused-ring (bicyclic) bond motifs is 1. The average Bonchev–Trinajstić information content (AvgIpc) is 3.30. The van der Waals surface area contributed by atoms with E-state index in [-0.39, 0.29) is 5.82 Å². The second-order valence-electron chi connectivity index (χ2n) is 8.32. The zero-order valence-corrected chi connectivity index (χ0v) is 18.3. The van der Waals surface area contributed by atoms with Gasteiger partial charge in [0.1, 0.15) is 11.6 Å². The number of nitrogens with one attached hydrogen (secondary N) is 1. The van der Waals surface area contributed by atoms with E-state index in [1.165, 1.54) is 29.0 Å². The van der Waals surface area contributed by atoms with Gasteiger partial charge in [0.2, 0.25) is 0 Å². The van der Waals surface area contributed by atoms with Crippen LogP contribution in [-0.4, -0.2) is 26.4 Å². The third kappa shape index (κ3) is 4.16. The number of halogens is 1. The number of benzene rings is 2. The first kappa shape index (κ1) is 20.5. The van der Waals surface area contributed by atoms with Gasteiger partial charge >= 0.3 is 0 Å². The molecule has 1 N–H and O–H groups in total. The maximum absolute atomic E-state index is 13.6. The summed E-state index contributed by atoms with van der Waals surface area (Å²) in [5.41, 5.74) is 6.46. The van der Waals surface area contributed by atoms with Crippen molar-refractivity contribution in [3.8, 4) is 0 Å². The Morgan fingerprint density at radius 2 is 1.91 bits per heavy atom. The number of rotatable bonds is 6. The number of hydrogen-bond donors (Lipinski definition) is 1. The van der Waals surface area contributed by atoms with E-state index >= 15 is 0 Å². The van der Waals surface area contributed by atoms with Gasteiger partial charge in [-0.15, -0.1) is 0 Å². The Bertz CT molecular complexity index is 1230. The highest BCUT2D eigenvalue weighted by Gasteiger charge is 2.26. The van der Waals surface area contributed by atoms with Crippen LogP contribution in [0.15, 0.2) is 59.1 Å². The predicted molar refractivity (Wildman–Crippen MR) is 121 cm³/mol. The van der Waals surface area contributed by atoms with Crippen molar-refractivity contribution in [2.75, 3.05) is 11.9 Å². The Labute approximate surface area is 186 Å². The first-order valence-electron chi connectivity index (χ1n) is 10.9. The third-order valence-corrected chi connectivity index (χ3v) is 6.08. The van der Waals surface area contributed by atoms with Crippen LogP contribution in [0.1, 0.15) is 33.8 Å². The van der Waals surface area contributed by atoms with Gasteiger partial charge in [-0.25, -0.2) is 4.39 Å². The van der Waals surface area contributed by atoms with Crippen LogP contribution in [0.4, 0.5) is 15.9 Å². The molecule has 1 aliphatic rings. The number of nitrogens with zero attached hydrogens (tertiary/aromatic N) is 4. The zero-order valence-electron chi connectivity index (χ0n) is 18.3. The number of hydrogen-bond acceptors (Lipinski definition) is 5. The van der Waals surface area contributed by atoms with E-state index in [4.69, 9.17) is 9.62 Å². The Morgan fingerprint density at radius 1 is 1.06 bits per heavy atom. The van der Waals surface area contributed by atoms with Gasteiger partial charge < -0.3 is 9.84 Å². The van der Waals surface area contributed by atoms with Crippen molar-refractivity contribution in [3.05, 3.63) is 94.3 Å². The molecule has 2 aromatic carbocycles. The molecule has 0 amide bonds. The zero-order chi connectivity index (χ0) is 22.1. The Morgan fingerprint density at radius 3 is 2.72 bits per heavy atom. The molecule has 0 atom stereocenters. The van der Waals surface area contributed by atoms with E-state index in [0.29, 0.717) is 11.5 Å². The van der Waals surface area contributed by atoms with E-state index in [0.717, 1.165) is 49.6 Å². The van der Waals surface area contributed by atoms with Gasteiger partial charge in [-0.2, -0.15) is 5.10 Å². The van der Waals surface area contributed by atoms with Crippen LogP contribution in [0.25, 0.3) is 0 Å². The van der Waals surface area contributed by atoms with Crippen LogP contribution in [0.3, 0.4) is 0 Å². The van der Waals surface area contributed by atoms with Crippen molar-refractivity contribution in [1.82, 2.24) is 19.8 Å². The van der Waals surface area contributed by atoms with Crippen LogP contribution in [-0.2, 0) is 26.1 Å². The molecular formula is C25H26FN5O. The van der Waals surface area contributed by atoms with Gasteiger partial charge in [-0.1, -0.05) is 41.6 Å². The summed E-state index contributed by atoms with van der Waals surface area (Å²) in [6.45, 7) is 7.42. The molecule has 1 aliphatic heterocycles. The highest BCUT2D eigenvalue weighted by atomic mass is 19.1. The highest BCUT2D eigenvalue weighted by molar-refractivity contribution is 5.60. The van der Waals surface area contributed by atoms with E-state index in [9.17, 15) is 4.39 Å².